The third-order valence-corrected chi connectivity index (χ3v) is 6.12. The lowest BCUT2D eigenvalue weighted by atomic mass is 9.96. The van der Waals surface area contributed by atoms with Crippen LogP contribution in [0.1, 0.15) is 23.8 Å². The Balaban J connectivity index is 1.76. The van der Waals surface area contributed by atoms with Gasteiger partial charge in [-0.05, 0) is 53.8 Å². The summed E-state index contributed by atoms with van der Waals surface area (Å²) in [6, 6.07) is 20.7. The third-order valence-electron chi connectivity index (χ3n) is 5.63. The number of amides is 1. The molecule has 0 spiro atoms. The number of carbonyl (C=O) groups excluding carboxylic acids is 2. The van der Waals surface area contributed by atoms with Gasteiger partial charge < -0.3 is 14.6 Å². The van der Waals surface area contributed by atoms with E-state index in [0.29, 0.717) is 37.6 Å². The molecule has 1 amide bonds. The van der Waals surface area contributed by atoms with Crippen LogP contribution < -0.4 is 10.9 Å². The van der Waals surface area contributed by atoms with Crippen molar-refractivity contribution in [1.82, 2.24) is 4.57 Å². The molecule has 0 fully saturated rings. The van der Waals surface area contributed by atoms with Crippen molar-refractivity contribution >= 4 is 51.5 Å². The van der Waals surface area contributed by atoms with Crippen LogP contribution >= 0.6 is 23.2 Å². The van der Waals surface area contributed by atoms with E-state index in [1.54, 1.807) is 79.7 Å². The number of rotatable bonds is 6. The summed E-state index contributed by atoms with van der Waals surface area (Å²) < 4.78 is 6.91. The number of nitrogens with one attached hydrogen (secondary N) is 1. The molecule has 0 aliphatic heterocycles. The Labute approximate surface area is 212 Å². The van der Waals surface area contributed by atoms with E-state index in [4.69, 9.17) is 27.9 Å². The standard InChI is InChI=1S/C27H22Cl2N2O4/c1-3-22(25(32)30-19-8-6-7-18(29)15-19)35-27(34)24-23(16-11-13-17(28)14-12-16)20-9-4-5-10-21(20)26(33)31(24)2/h4-15,22H,3H2,1-2H3,(H,30,32). The average molecular weight is 509 g/mol. The minimum atomic E-state index is -1.08. The molecule has 1 atom stereocenters. The second-order valence-electron chi connectivity index (χ2n) is 7.94. The predicted octanol–water partition coefficient (Wildman–Crippen LogP) is 6.09. The highest BCUT2D eigenvalue weighted by Crippen LogP contribution is 2.32. The molecule has 35 heavy (non-hydrogen) atoms. The minimum absolute atomic E-state index is 0.0463. The van der Waals surface area contributed by atoms with E-state index in [0.717, 1.165) is 0 Å². The lowest BCUT2D eigenvalue weighted by Crippen LogP contribution is -2.34. The second-order valence-corrected chi connectivity index (χ2v) is 8.81. The first kappa shape index (κ1) is 24.5. The first-order valence-corrected chi connectivity index (χ1v) is 11.7. The van der Waals surface area contributed by atoms with E-state index >= 15 is 0 Å². The van der Waals surface area contributed by atoms with Gasteiger partial charge in [-0.25, -0.2) is 4.79 Å². The highest BCUT2D eigenvalue weighted by molar-refractivity contribution is 6.31. The zero-order valence-electron chi connectivity index (χ0n) is 19.0. The number of ether oxygens (including phenoxy) is 1. The van der Waals surface area contributed by atoms with E-state index in [-0.39, 0.29) is 17.7 Å². The molecular formula is C27H22Cl2N2O4. The number of hydrogen-bond donors (Lipinski definition) is 1. The summed E-state index contributed by atoms with van der Waals surface area (Å²) in [4.78, 5) is 39.5. The molecule has 8 heteroatoms. The molecular weight excluding hydrogens is 487 g/mol. The van der Waals surface area contributed by atoms with Crippen molar-refractivity contribution in [2.75, 3.05) is 5.32 Å². The molecule has 0 aliphatic rings. The Morgan fingerprint density at radius 1 is 0.943 bits per heavy atom. The van der Waals surface area contributed by atoms with Gasteiger partial charge in [-0.3, -0.25) is 9.59 Å². The van der Waals surface area contributed by atoms with E-state index in [1.807, 2.05) is 0 Å². The SMILES string of the molecule is CCC(OC(=O)c1c(-c2ccc(Cl)cc2)c2ccccc2c(=O)n1C)C(=O)Nc1cccc(Cl)c1. The summed E-state index contributed by atoms with van der Waals surface area (Å²) in [5.74, 6) is -1.28. The lowest BCUT2D eigenvalue weighted by molar-refractivity contribution is -0.124. The maximum atomic E-state index is 13.5. The predicted molar refractivity (Wildman–Crippen MR) is 139 cm³/mol. The van der Waals surface area contributed by atoms with Gasteiger partial charge in [-0.2, -0.15) is 0 Å². The first-order valence-electron chi connectivity index (χ1n) is 10.9. The Kier molecular flexibility index (Phi) is 7.24. The Bertz CT molecular complexity index is 1480. The van der Waals surface area contributed by atoms with E-state index in [9.17, 15) is 14.4 Å². The fourth-order valence-corrected chi connectivity index (χ4v) is 4.23. The van der Waals surface area contributed by atoms with Crippen LogP contribution in [0.5, 0.6) is 0 Å². The number of esters is 1. The van der Waals surface area contributed by atoms with Crippen LogP contribution in [-0.2, 0) is 16.6 Å². The maximum absolute atomic E-state index is 13.5. The van der Waals surface area contributed by atoms with Gasteiger partial charge in [0.25, 0.3) is 11.5 Å². The highest BCUT2D eigenvalue weighted by Gasteiger charge is 2.27. The molecule has 1 heterocycles. The lowest BCUT2D eigenvalue weighted by Gasteiger charge is -2.20. The molecule has 0 bridgehead atoms. The molecule has 4 rings (SSSR count). The zero-order valence-corrected chi connectivity index (χ0v) is 20.6. The first-order chi connectivity index (χ1) is 16.8. The second kappa shape index (κ2) is 10.3. The van der Waals surface area contributed by atoms with Gasteiger partial charge in [0.2, 0.25) is 0 Å². The Morgan fingerprint density at radius 3 is 2.29 bits per heavy atom. The molecule has 1 N–H and O–H groups in total. The molecule has 1 unspecified atom stereocenters. The molecule has 3 aromatic carbocycles. The fourth-order valence-electron chi connectivity index (χ4n) is 3.91. The number of halogens is 2. The van der Waals surface area contributed by atoms with Crippen molar-refractivity contribution < 1.29 is 14.3 Å². The maximum Gasteiger partial charge on any atom is 0.356 e. The normalized spacial score (nSPS) is 11.8. The number of pyridine rings is 1. The average Bonchev–Trinajstić information content (AvgIpc) is 2.85. The molecule has 178 valence electrons. The van der Waals surface area contributed by atoms with Crippen LogP contribution in [-0.4, -0.2) is 22.5 Å². The van der Waals surface area contributed by atoms with Gasteiger partial charge in [0.05, 0.1) is 0 Å². The minimum Gasteiger partial charge on any atom is -0.448 e. The van der Waals surface area contributed by atoms with Crippen molar-refractivity contribution in [3.8, 4) is 11.1 Å². The summed E-state index contributed by atoms with van der Waals surface area (Å²) in [7, 11) is 1.51. The number of nitrogens with zero attached hydrogens (tertiary/aromatic N) is 1. The summed E-state index contributed by atoms with van der Waals surface area (Å²) in [6.07, 6.45) is -0.850. The van der Waals surface area contributed by atoms with Crippen molar-refractivity contribution in [3.63, 3.8) is 0 Å². The van der Waals surface area contributed by atoms with Crippen LogP contribution in [0.4, 0.5) is 5.69 Å². The molecule has 1 aromatic heterocycles. The van der Waals surface area contributed by atoms with Crippen molar-refractivity contribution in [3.05, 3.63) is 98.9 Å². The summed E-state index contributed by atoms with van der Waals surface area (Å²) in [6.45, 7) is 1.73. The third kappa shape index (κ3) is 5.09. The molecule has 6 nitrogen and oxygen atoms in total. The number of hydrogen-bond acceptors (Lipinski definition) is 4. The van der Waals surface area contributed by atoms with Gasteiger partial charge in [0, 0.05) is 33.7 Å². The Hall–Kier alpha value is -3.61. The van der Waals surface area contributed by atoms with Gasteiger partial charge >= 0.3 is 5.97 Å². The number of carbonyl (C=O) groups is 2. The molecule has 0 aliphatic carbocycles. The van der Waals surface area contributed by atoms with Gasteiger partial charge in [0.15, 0.2) is 6.10 Å². The van der Waals surface area contributed by atoms with Gasteiger partial charge in [-0.15, -0.1) is 0 Å². The van der Waals surface area contributed by atoms with Crippen LogP contribution in [0.2, 0.25) is 10.0 Å². The topological polar surface area (TPSA) is 77.4 Å². The van der Waals surface area contributed by atoms with E-state index in [2.05, 4.69) is 5.32 Å². The summed E-state index contributed by atoms with van der Waals surface area (Å²) in [5.41, 5.74) is 1.39. The number of anilines is 1. The number of aromatic nitrogens is 1. The summed E-state index contributed by atoms with van der Waals surface area (Å²) >= 11 is 12.1. The van der Waals surface area contributed by atoms with E-state index < -0.39 is 18.0 Å². The summed E-state index contributed by atoms with van der Waals surface area (Å²) in [5, 5.41) is 4.78. The van der Waals surface area contributed by atoms with Gasteiger partial charge in [-0.1, -0.05) is 66.5 Å². The van der Waals surface area contributed by atoms with Crippen molar-refractivity contribution in [2.24, 2.45) is 7.05 Å². The molecule has 0 radical (unpaired) electrons. The van der Waals surface area contributed by atoms with Crippen LogP contribution in [0.25, 0.3) is 21.9 Å². The van der Waals surface area contributed by atoms with Crippen LogP contribution in [0, 0.1) is 0 Å². The molecule has 0 saturated carbocycles. The smallest absolute Gasteiger partial charge is 0.356 e. The van der Waals surface area contributed by atoms with E-state index in [1.165, 1.54) is 11.6 Å². The van der Waals surface area contributed by atoms with Crippen LogP contribution in [0.3, 0.4) is 0 Å². The molecule has 0 saturated heterocycles. The quantitative estimate of drug-likeness (QED) is 0.320. The van der Waals surface area contributed by atoms with Gasteiger partial charge in [0.1, 0.15) is 5.69 Å². The van der Waals surface area contributed by atoms with Crippen molar-refractivity contribution in [2.45, 2.75) is 19.4 Å². The molecule has 4 aromatic rings. The van der Waals surface area contributed by atoms with Crippen LogP contribution in [0.15, 0.2) is 77.6 Å². The fraction of sp³-hybridized carbons (Fsp3) is 0.148. The Morgan fingerprint density at radius 2 is 1.63 bits per heavy atom. The number of fused-ring (bicyclic) bond motifs is 1. The van der Waals surface area contributed by atoms with Crippen molar-refractivity contribution in [1.29, 1.82) is 0 Å². The zero-order chi connectivity index (χ0) is 25.1. The monoisotopic (exact) mass is 508 g/mol. The highest BCUT2D eigenvalue weighted by atomic mass is 35.5. The number of benzene rings is 3. The largest absolute Gasteiger partial charge is 0.448 e.